The van der Waals surface area contributed by atoms with E-state index in [2.05, 4.69) is 56.8 Å². The Labute approximate surface area is 289 Å². The monoisotopic (exact) mass is 670 g/mol. The zero-order chi connectivity index (χ0) is 34.0. The SMILES string of the molecule is CCOC(=O)CNC(=O)NCc1ccccc1-c1ccc([C@H]2O[C@@H](CN3CCC[C@H]3CN3CCCC3)C[C@@H](c3ccc(CO)cc3)O2)cc1. The molecule has 10 nitrogen and oxygen atoms in total. The lowest BCUT2D eigenvalue weighted by atomic mass is 9.97. The Bertz CT molecular complexity index is 1510. The minimum absolute atomic E-state index is 0.0156. The number of carbonyl (C=O) groups is 2. The second-order valence-corrected chi connectivity index (χ2v) is 13.3. The van der Waals surface area contributed by atoms with Crippen LogP contribution in [0.4, 0.5) is 4.79 Å². The van der Waals surface area contributed by atoms with Crippen LogP contribution in [0.15, 0.2) is 72.8 Å². The lowest BCUT2D eigenvalue weighted by Crippen LogP contribution is -2.45. The fourth-order valence-electron chi connectivity index (χ4n) is 7.28. The van der Waals surface area contributed by atoms with Crippen LogP contribution in [-0.4, -0.2) is 84.9 Å². The highest BCUT2D eigenvalue weighted by Gasteiger charge is 2.36. The molecule has 3 N–H and O–H groups in total. The summed E-state index contributed by atoms with van der Waals surface area (Å²) >= 11 is 0. The Balaban J connectivity index is 1.14. The third-order valence-corrected chi connectivity index (χ3v) is 9.87. The molecule has 0 spiro atoms. The van der Waals surface area contributed by atoms with Crippen molar-refractivity contribution in [3.63, 3.8) is 0 Å². The van der Waals surface area contributed by atoms with Crippen LogP contribution < -0.4 is 10.6 Å². The summed E-state index contributed by atoms with van der Waals surface area (Å²) in [5, 5.41) is 15.0. The van der Waals surface area contributed by atoms with E-state index in [0.29, 0.717) is 12.6 Å². The molecule has 49 heavy (non-hydrogen) atoms. The highest BCUT2D eigenvalue weighted by atomic mass is 16.7. The third-order valence-electron chi connectivity index (χ3n) is 9.87. The van der Waals surface area contributed by atoms with Gasteiger partial charge in [-0.25, -0.2) is 4.79 Å². The van der Waals surface area contributed by atoms with Gasteiger partial charge < -0.3 is 34.9 Å². The molecule has 2 amide bonds. The molecule has 10 heteroatoms. The number of hydrogen-bond donors (Lipinski definition) is 3. The number of ether oxygens (including phenoxy) is 3. The predicted octanol–water partition coefficient (Wildman–Crippen LogP) is 5.31. The molecule has 3 aromatic rings. The molecule has 0 aromatic heterocycles. The first-order valence-electron chi connectivity index (χ1n) is 17.8. The summed E-state index contributed by atoms with van der Waals surface area (Å²) in [6.45, 7) is 7.71. The lowest BCUT2D eigenvalue weighted by Gasteiger charge is -2.39. The van der Waals surface area contributed by atoms with Crippen molar-refractivity contribution in [2.45, 2.75) is 76.7 Å². The van der Waals surface area contributed by atoms with Gasteiger partial charge in [0.1, 0.15) is 6.54 Å². The molecule has 6 rings (SSSR count). The molecule has 262 valence electrons. The van der Waals surface area contributed by atoms with Gasteiger partial charge in [-0.3, -0.25) is 9.69 Å². The molecule has 4 atom stereocenters. The number of aliphatic hydroxyl groups excluding tert-OH is 1. The van der Waals surface area contributed by atoms with Gasteiger partial charge in [0.05, 0.1) is 25.4 Å². The number of urea groups is 1. The van der Waals surface area contributed by atoms with Crippen LogP contribution in [0.1, 0.15) is 73.7 Å². The van der Waals surface area contributed by atoms with Crippen LogP contribution in [0, 0.1) is 0 Å². The van der Waals surface area contributed by atoms with Gasteiger partial charge in [0.15, 0.2) is 6.29 Å². The standard InChI is InChI=1S/C39H50N4O6/c1-2-47-37(45)24-41-39(46)40-23-32-8-3-4-10-35(32)29-15-17-31(18-16-29)38-48-34(22-36(49-38)30-13-11-28(27-44)12-14-30)26-43-21-7-9-33(43)25-42-19-5-6-20-42/h3-4,8,10-18,33-34,36,38,44H,2,5-7,9,19-27H2,1H3,(H2,40,41,46)/t33-,34+,36-,38-/m0/s1. The van der Waals surface area contributed by atoms with E-state index in [1.807, 2.05) is 36.4 Å². The average Bonchev–Trinajstić information content (AvgIpc) is 3.82. The van der Waals surface area contributed by atoms with Crippen molar-refractivity contribution in [3.8, 4) is 11.1 Å². The highest BCUT2D eigenvalue weighted by molar-refractivity contribution is 5.81. The average molecular weight is 671 g/mol. The molecule has 3 aromatic carbocycles. The molecule has 0 saturated carbocycles. The molecular weight excluding hydrogens is 620 g/mol. The van der Waals surface area contributed by atoms with E-state index >= 15 is 0 Å². The molecular formula is C39H50N4O6. The van der Waals surface area contributed by atoms with Crippen LogP contribution in [0.5, 0.6) is 0 Å². The number of hydrogen-bond acceptors (Lipinski definition) is 8. The van der Waals surface area contributed by atoms with Gasteiger partial charge in [0.25, 0.3) is 0 Å². The molecule has 3 saturated heterocycles. The summed E-state index contributed by atoms with van der Waals surface area (Å²) < 4.78 is 18.3. The van der Waals surface area contributed by atoms with Crippen molar-refractivity contribution in [1.82, 2.24) is 20.4 Å². The van der Waals surface area contributed by atoms with E-state index in [9.17, 15) is 14.7 Å². The molecule has 0 unspecified atom stereocenters. The second-order valence-electron chi connectivity index (χ2n) is 13.3. The normalized spacial score (nSPS) is 23.0. The number of likely N-dealkylation sites (tertiary alicyclic amines) is 2. The van der Waals surface area contributed by atoms with Gasteiger partial charge in [-0.1, -0.05) is 72.8 Å². The fraction of sp³-hybridized carbons (Fsp3) is 0.487. The minimum Gasteiger partial charge on any atom is -0.465 e. The van der Waals surface area contributed by atoms with Gasteiger partial charge in [-0.15, -0.1) is 0 Å². The summed E-state index contributed by atoms with van der Waals surface area (Å²) in [6.07, 6.45) is 5.23. The molecule has 3 heterocycles. The lowest BCUT2D eigenvalue weighted by molar-refractivity contribution is -0.253. The van der Waals surface area contributed by atoms with Crippen molar-refractivity contribution in [3.05, 3.63) is 95.1 Å². The number of aliphatic hydroxyl groups is 1. The van der Waals surface area contributed by atoms with Crippen molar-refractivity contribution < 1.29 is 28.9 Å². The number of benzene rings is 3. The topological polar surface area (TPSA) is 113 Å². The largest absolute Gasteiger partial charge is 0.465 e. The van der Waals surface area contributed by atoms with Gasteiger partial charge in [-0.05, 0) is 80.1 Å². The first-order chi connectivity index (χ1) is 24.0. The Morgan fingerprint density at radius 1 is 0.878 bits per heavy atom. The second kappa shape index (κ2) is 17.2. The van der Waals surface area contributed by atoms with Crippen molar-refractivity contribution in [2.24, 2.45) is 0 Å². The van der Waals surface area contributed by atoms with E-state index in [-0.39, 0.29) is 32.0 Å². The van der Waals surface area contributed by atoms with E-state index in [0.717, 1.165) is 59.4 Å². The fourth-order valence-corrected chi connectivity index (χ4v) is 7.28. The molecule has 0 radical (unpaired) electrons. The van der Waals surface area contributed by atoms with Crippen LogP contribution in [-0.2, 0) is 32.2 Å². The number of nitrogens with one attached hydrogen (secondary N) is 2. The van der Waals surface area contributed by atoms with E-state index in [1.165, 1.54) is 38.8 Å². The smallest absolute Gasteiger partial charge is 0.325 e. The molecule has 3 aliphatic heterocycles. The zero-order valence-corrected chi connectivity index (χ0v) is 28.5. The Morgan fingerprint density at radius 2 is 1.63 bits per heavy atom. The number of carbonyl (C=O) groups excluding carboxylic acids is 2. The summed E-state index contributed by atoms with van der Waals surface area (Å²) in [5.41, 5.74) is 5.90. The molecule has 3 aliphatic rings. The quantitative estimate of drug-likeness (QED) is 0.210. The Morgan fingerprint density at radius 3 is 2.39 bits per heavy atom. The molecule has 0 bridgehead atoms. The number of esters is 1. The first-order valence-corrected chi connectivity index (χ1v) is 17.8. The Hall–Kier alpha value is -3.80. The van der Waals surface area contributed by atoms with Gasteiger partial charge in [0.2, 0.25) is 0 Å². The van der Waals surface area contributed by atoms with Gasteiger partial charge >= 0.3 is 12.0 Å². The Kier molecular flexibility index (Phi) is 12.3. The highest BCUT2D eigenvalue weighted by Crippen LogP contribution is 2.39. The maximum atomic E-state index is 12.3. The van der Waals surface area contributed by atoms with E-state index in [4.69, 9.17) is 14.2 Å². The van der Waals surface area contributed by atoms with Crippen LogP contribution in [0.3, 0.4) is 0 Å². The summed E-state index contributed by atoms with van der Waals surface area (Å²) in [7, 11) is 0. The first kappa shape index (κ1) is 35.0. The van der Waals surface area contributed by atoms with Crippen LogP contribution in [0.2, 0.25) is 0 Å². The van der Waals surface area contributed by atoms with Crippen LogP contribution in [0.25, 0.3) is 11.1 Å². The van der Waals surface area contributed by atoms with Crippen molar-refractivity contribution in [2.75, 3.05) is 45.9 Å². The van der Waals surface area contributed by atoms with Crippen molar-refractivity contribution in [1.29, 1.82) is 0 Å². The maximum absolute atomic E-state index is 12.3. The number of nitrogens with zero attached hydrogens (tertiary/aromatic N) is 2. The third kappa shape index (κ3) is 9.46. The predicted molar refractivity (Wildman–Crippen MR) is 187 cm³/mol. The molecule has 3 fully saturated rings. The number of amides is 2. The van der Waals surface area contributed by atoms with Crippen molar-refractivity contribution >= 4 is 12.0 Å². The summed E-state index contributed by atoms with van der Waals surface area (Å²) in [5.74, 6) is -0.473. The van der Waals surface area contributed by atoms with E-state index < -0.39 is 18.3 Å². The summed E-state index contributed by atoms with van der Waals surface area (Å²) in [6, 6.07) is 24.4. The van der Waals surface area contributed by atoms with Gasteiger partial charge in [-0.2, -0.15) is 0 Å². The minimum atomic E-state index is -0.519. The van der Waals surface area contributed by atoms with Gasteiger partial charge in [0, 0.05) is 37.7 Å². The van der Waals surface area contributed by atoms with E-state index in [1.54, 1.807) is 6.92 Å². The summed E-state index contributed by atoms with van der Waals surface area (Å²) in [4.78, 5) is 29.2. The molecule has 0 aliphatic carbocycles. The maximum Gasteiger partial charge on any atom is 0.325 e. The van der Waals surface area contributed by atoms with Crippen LogP contribution >= 0.6 is 0 Å². The zero-order valence-electron chi connectivity index (χ0n) is 28.5. The number of rotatable bonds is 13.